The van der Waals surface area contributed by atoms with Crippen LogP contribution in [0.4, 0.5) is 0 Å². The van der Waals surface area contributed by atoms with Gasteiger partial charge in [0, 0.05) is 25.4 Å². The minimum atomic E-state index is 0. The van der Waals surface area contributed by atoms with Crippen molar-refractivity contribution in [2.75, 3.05) is 6.54 Å². The SMILES string of the molecule is CCNC(=NCc1noc(C)n1)NC(C)C(C)c1ccccc1.I. The van der Waals surface area contributed by atoms with Crippen LogP contribution in [0.3, 0.4) is 0 Å². The predicted molar refractivity (Wildman–Crippen MR) is 107 cm³/mol. The maximum absolute atomic E-state index is 4.96. The van der Waals surface area contributed by atoms with Gasteiger partial charge in [-0.1, -0.05) is 42.4 Å². The first-order valence-electron chi connectivity index (χ1n) is 7.99. The van der Waals surface area contributed by atoms with Crippen LogP contribution in [-0.4, -0.2) is 28.7 Å². The first kappa shape index (κ1) is 20.4. The molecule has 0 saturated carbocycles. The van der Waals surface area contributed by atoms with E-state index in [-0.39, 0.29) is 30.0 Å². The molecule has 24 heavy (non-hydrogen) atoms. The maximum Gasteiger partial charge on any atom is 0.223 e. The number of nitrogens with one attached hydrogen (secondary N) is 2. The molecule has 2 N–H and O–H groups in total. The first-order chi connectivity index (χ1) is 11.1. The lowest BCUT2D eigenvalue weighted by Crippen LogP contribution is -2.44. The fourth-order valence-corrected chi connectivity index (χ4v) is 2.26. The number of aliphatic imine (C=N–C) groups is 1. The molecule has 1 aromatic heterocycles. The highest BCUT2D eigenvalue weighted by Crippen LogP contribution is 2.18. The fraction of sp³-hybridized carbons (Fsp3) is 0.471. The summed E-state index contributed by atoms with van der Waals surface area (Å²) in [5.74, 6) is 2.26. The number of halogens is 1. The lowest BCUT2D eigenvalue weighted by atomic mass is 9.94. The van der Waals surface area contributed by atoms with Crippen molar-refractivity contribution in [1.82, 2.24) is 20.8 Å². The lowest BCUT2D eigenvalue weighted by molar-refractivity contribution is 0.387. The summed E-state index contributed by atoms with van der Waals surface area (Å²) in [5, 5.41) is 10.6. The van der Waals surface area contributed by atoms with Gasteiger partial charge in [-0.25, -0.2) is 4.99 Å². The zero-order valence-electron chi connectivity index (χ0n) is 14.6. The number of aromatic nitrogens is 2. The highest BCUT2D eigenvalue weighted by atomic mass is 127. The summed E-state index contributed by atoms with van der Waals surface area (Å²) in [5.41, 5.74) is 1.30. The molecule has 0 amide bonds. The van der Waals surface area contributed by atoms with Crippen LogP contribution in [0.5, 0.6) is 0 Å². The van der Waals surface area contributed by atoms with Crippen LogP contribution in [-0.2, 0) is 6.54 Å². The van der Waals surface area contributed by atoms with E-state index in [1.54, 1.807) is 6.92 Å². The van der Waals surface area contributed by atoms with Gasteiger partial charge in [-0.2, -0.15) is 4.98 Å². The summed E-state index contributed by atoms with van der Waals surface area (Å²) in [7, 11) is 0. The molecule has 6 nitrogen and oxygen atoms in total. The Morgan fingerprint density at radius 2 is 1.96 bits per heavy atom. The molecular weight excluding hydrogens is 417 g/mol. The number of guanidine groups is 1. The van der Waals surface area contributed by atoms with Gasteiger partial charge in [-0.15, -0.1) is 24.0 Å². The molecule has 2 rings (SSSR count). The zero-order valence-corrected chi connectivity index (χ0v) is 16.9. The van der Waals surface area contributed by atoms with E-state index in [0.717, 1.165) is 12.5 Å². The average molecular weight is 443 g/mol. The van der Waals surface area contributed by atoms with Crippen molar-refractivity contribution >= 4 is 29.9 Å². The third-order valence-corrected chi connectivity index (χ3v) is 3.73. The molecule has 0 fully saturated rings. The summed E-state index contributed by atoms with van der Waals surface area (Å²) >= 11 is 0. The molecule has 0 bridgehead atoms. The van der Waals surface area contributed by atoms with Crippen LogP contribution in [0.25, 0.3) is 0 Å². The molecule has 2 aromatic rings. The Balaban J connectivity index is 0.00000288. The molecule has 0 spiro atoms. The van der Waals surface area contributed by atoms with Gasteiger partial charge in [-0.05, 0) is 19.4 Å². The molecule has 0 aliphatic rings. The van der Waals surface area contributed by atoms with Crippen molar-refractivity contribution in [1.29, 1.82) is 0 Å². The molecule has 132 valence electrons. The van der Waals surface area contributed by atoms with Crippen molar-refractivity contribution in [3.05, 3.63) is 47.6 Å². The number of aryl methyl sites for hydroxylation is 1. The Labute approximate surface area is 160 Å². The Morgan fingerprint density at radius 3 is 2.54 bits per heavy atom. The number of hydrogen-bond donors (Lipinski definition) is 2. The van der Waals surface area contributed by atoms with Crippen molar-refractivity contribution in [3.8, 4) is 0 Å². The molecule has 0 aliphatic carbocycles. The van der Waals surface area contributed by atoms with Gasteiger partial charge in [0.2, 0.25) is 5.89 Å². The quantitative estimate of drug-likeness (QED) is 0.408. The second-order valence-electron chi connectivity index (χ2n) is 5.56. The van der Waals surface area contributed by atoms with E-state index in [1.165, 1.54) is 5.56 Å². The molecule has 1 heterocycles. The highest BCUT2D eigenvalue weighted by molar-refractivity contribution is 14.0. The van der Waals surface area contributed by atoms with Gasteiger partial charge in [0.05, 0.1) is 0 Å². The monoisotopic (exact) mass is 443 g/mol. The van der Waals surface area contributed by atoms with Crippen molar-refractivity contribution < 1.29 is 4.52 Å². The van der Waals surface area contributed by atoms with Gasteiger partial charge in [0.25, 0.3) is 0 Å². The molecule has 2 atom stereocenters. The molecule has 0 radical (unpaired) electrons. The Kier molecular flexibility index (Phi) is 8.73. The minimum Gasteiger partial charge on any atom is -0.357 e. The summed E-state index contributed by atoms with van der Waals surface area (Å²) in [4.78, 5) is 8.69. The van der Waals surface area contributed by atoms with E-state index in [4.69, 9.17) is 4.52 Å². The van der Waals surface area contributed by atoms with Crippen molar-refractivity contribution in [2.45, 2.75) is 46.2 Å². The van der Waals surface area contributed by atoms with Crippen LogP contribution in [0, 0.1) is 6.92 Å². The van der Waals surface area contributed by atoms with Crippen LogP contribution >= 0.6 is 24.0 Å². The Morgan fingerprint density at radius 1 is 1.25 bits per heavy atom. The standard InChI is InChI=1S/C17H25N5O.HI/c1-5-18-17(19-11-16-21-14(4)23-22-16)20-13(3)12(2)15-9-7-6-8-10-15;/h6-10,12-13H,5,11H2,1-4H3,(H2,18,19,20);1H. The number of hydrogen-bond acceptors (Lipinski definition) is 4. The van der Waals surface area contributed by atoms with E-state index in [9.17, 15) is 0 Å². The van der Waals surface area contributed by atoms with E-state index in [1.807, 2.05) is 13.0 Å². The maximum atomic E-state index is 4.96. The predicted octanol–water partition coefficient (Wildman–Crippen LogP) is 3.24. The largest absolute Gasteiger partial charge is 0.357 e. The smallest absolute Gasteiger partial charge is 0.223 e. The topological polar surface area (TPSA) is 75.3 Å². The van der Waals surface area contributed by atoms with E-state index in [2.05, 4.69) is 63.9 Å². The van der Waals surface area contributed by atoms with Crippen LogP contribution in [0.1, 0.15) is 44.0 Å². The lowest BCUT2D eigenvalue weighted by Gasteiger charge is -2.24. The van der Waals surface area contributed by atoms with Gasteiger partial charge >= 0.3 is 0 Å². The summed E-state index contributed by atoms with van der Waals surface area (Å²) < 4.78 is 4.96. The van der Waals surface area contributed by atoms with E-state index < -0.39 is 0 Å². The van der Waals surface area contributed by atoms with E-state index in [0.29, 0.717) is 24.2 Å². The van der Waals surface area contributed by atoms with Crippen molar-refractivity contribution in [3.63, 3.8) is 0 Å². The molecular formula is C17H26IN5O. The summed E-state index contributed by atoms with van der Waals surface area (Å²) in [6.07, 6.45) is 0. The molecule has 2 unspecified atom stereocenters. The molecule has 0 aliphatic heterocycles. The van der Waals surface area contributed by atoms with Gasteiger partial charge in [0.15, 0.2) is 11.8 Å². The van der Waals surface area contributed by atoms with E-state index >= 15 is 0 Å². The van der Waals surface area contributed by atoms with Crippen molar-refractivity contribution in [2.24, 2.45) is 4.99 Å². The third-order valence-electron chi connectivity index (χ3n) is 3.73. The third kappa shape index (κ3) is 6.10. The van der Waals surface area contributed by atoms with Gasteiger partial charge in [0.1, 0.15) is 6.54 Å². The van der Waals surface area contributed by atoms with Crippen LogP contribution < -0.4 is 10.6 Å². The zero-order chi connectivity index (χ0) is 16.7. The second kappa shape index (κ2) is 10.3. The summed E-state index contributed by atoms with van der Waals surface area (Å²) in [6.45, 7) is 9.36. The normalized spacial score (nSPS) is 13.8. The van der Waals surface area contributed by atoms with Gasteiger partial charge < -0.3 is 15.2 Å². The Hall–Kier alpha value is -1.64. The van der Waals surface area contributed by atoms with Crippen LogP contribution in [0.15, 0.2) is 39.8 Å². The molecule has 1 aromatic carbocycles. The molecule has 0 saturated heterocycles. The number of benzene rings is 1. The fourth-order valence-electron chi connectivity index (χ4n) is 2.26. The number of nitrogens with zero attached hydrogens (tertiary/aromatic N) is 3. The summed E-state index contributed by atoms with van der Waals surface area (Å²) in [6, 6.07) is 10.7. The average Bonchev–Trinajstić information content (AvgIpc) is 2.98. The second-order valence-corrected chi connectivity index (χ2v) is 5.56. The highest BCUT2D eigenvalue weighted by Gasteiger charge is 2.15. The Bertz CT molecular complexity index is 629. The minimum absolute atomic E-state index is 0. The van der Waals surface area contributed by atoms with Gasteiger partial charge in [-0.3, -0.25) is 0 Å². The first-order valence-corrected chi connectivity index (χ1v) is 7.99. The number of rotatable bonds is 6. The van der Waals surface area contributed by atoms with Crippen LogP contribution in [0.2, 0.25) is 0 Å². The molecule has 7 heteroatoms.